The van der Waals surface area contributed by atoms with Crippen molar-refractivity contribution >= 4 is 17.0 Å². The highest BCUT2D eigenvalue weighted by Gasteiger charge is 2.32. The second-order valence-electron chi connectivity index (χ2n) is 4.76. The number of nitrogens with two attached hydrogens (primary N) is 1. The maximum Gasteiger partial charge on any atom is 0.165 e. The van der Waals surface area contributed by atoms with E-state index in [0.717, 1.165) is 16.7 Å². The highest BCUT2D eigenvalue weighted by molar-refractivity contribution is 8.93. The van der Waals surface area contributed by atoms with Crippen molar-refractivity contribution in [1.82, 2.24) is 0 Å². The normalized spacial score (nSPS) is 20.7. The first kappa shape index (κ1) is 14.0. The number of phenolic OH excluding ortho intramolecular Hbond substituents is 1. The lowest BCUT2D eigenvalue weighted by Crippen LogP contribution is -2.25. The Balaban J connectivity index is 0.00000133. The van der Waals surface area contributed by atoms with Gasteiger partial charge in [0.15, 0.2) is 11.6 Å². The first-order chi connectivity index (χ1) is 8.66. The van der Waals surface area contributed by atoms with Gasteiger partial charge in [0.05, 0.1) is 0 Å². The van der Waals surface area contributed by atoms with Gasteiger partial charge in [0.1, 0.15) is 0 Å². The van der Waals surface area contributed by atoms with Gasteiger partial charge in [-0.3, -0.25) is 0 Å². The van der Waals surface area contributed by atoms with E-state index in [1.165, 1.54) is 12.1 Å². The lowest BCUT2D eigenvalue weighted by Gasteiger charge is -2.17. The Morgan fingerprint density at radius 2 is 1.84 bits per heavy atom. The number of rotatable bonds is 1. The molecule has 0 saturated heterocycles. The molecule has 0 bridgehead atoms. The van der Waals surface area contributed by atoms with E-state index in [9.17, 15) is 9.50 Å². The second-order valence-corrected chi connectivity index (χ2v) is 4.76. The first-order valence-corrected chi connectivity index (χ1v) is 5.98. The predicted octanol–water partition coefficient (Wildman–Crippen LogP) is 3.12. The van der Waals surface area contributed by atoms with E-state index in [4.69, 9.17) is 5.73 Å². The number of hydrogen-bond acceptors (Lipinski definition) is 2. The average molecular weight is 324 g/mol. The number of halogens is 2. The molecule has 0 amide bonds. The van der Waals surface area contributed by atoms with Crippen LogP contribution in [0.15, 0.2) is 42.5 Å². The summed E-state index contributed by atoms with van der Waals surface area (Å²) >= 11 is 0. The van der Waals surface area contributed by atoms with Gasteiger partial charge >= 0.3 is 0 Å². The van der Waals surface area contributed by atoms with Crippen molar-refractivity contribution < 1.29 is 9.50 Å². The minimum atomic E-state index is -0.580. The molecule has 0 aromatic heterocycles. The molecule has 0 spiro atoms. The van der Waals surface area contributed by atoms with Crippen LogP contribution in [-0.2, 0) is 6.42 Å². The summed E-state index contributed by atoms with van der Waals surface area (Å²) in [4.78, 5) is 0. The van der Waals surface area contributed by atoms with Gasteiger partial charge in [-0.05, 0) is 35.2 Å². The van der Waals surface area contributed by atoms with Crippen molar-refractivity contribution in [3.05, 3.63) is 65.0 Å². The summed E-state index contributed by atoms with van der Waals surface area (Å²) in [6.45, 7) is 0. The number of fused-ring (bicyclic) bond motifs is 1. The van der Waals surface area contributed by atoms with Gasteiger partial charge in [-0.2, -0.15) is 0 Å². The SMILES string of the molecule is Br.N[C@@H]1Cc2cc(O)c(F)cc2[C@H]1c1ccccc1. The maximum atomic E-state index is 13.5. The first-order valence-electron chi connectivity index (χ1n) is 5.98. The van der Waals surface area contributed by atoms with Crippen LogP contribution >= 0.6 is 17.0 Å². The van der Waals surface area contributed by atoms with E-state index < -0.39 is 5.82 Å². The van der Waals surface area contributed by atoms with Gasteiger partial charge in [0.25, 0.3) is 0 Å². The summed E-state index contributed by atoms with van der Waals surface area (Å²) in [7, 11) is 0. The van der Waals surface area contributed by atoms with Gasteiger partial charge in [0, 0.05) is 12.0 Å². The standard InChI is InChI=1S/C15H14FNO.BrH/c16-12-8-11-10(7-14(12)18)6-13(17)15(11)9-4-2-1-3-5-9;/h1-5,7-8,13,15,18H,6,17H2;1H/t13-,15-;/m1./s1. The van der Waals surface area contributed by atoms with Crippen LogP contribution in [0.2, 0.25) is 0 Å². The molecule has 2 aromatic carbocycles. The fourth-order valence-corrected chi connectivity index (χ4v) is 2.78. The maximum absolute atomic E-state index is 13.5. The Bertz CT molecular complexity index is 588. The molecule has 19 heavy (non-hydrogen) atoms. The number of benzene rings is 2. The Morgan fingerprint density at radius 1 is 1.16 bits per heavy atom. The summed E-state index contributed by atoms with van der Waals surface area (Å²) in [5.41, 5.74) is 9.08. The smallest absolute Gasteiger partial charge is 0.165 e. The van der Waals surface area contributed by atoms with Crippen molar-refractivity contribution in [3.8, 4) is 5.75 Å². The van der Waals surface area contributed by atoms with E-state index >= 15 is 0 Å². The Hall–Kier alpha value is -1.39. The zero-order valence-electron chi connectivity index (χ0n) is 10.2. The topological polar surface area (TPSA) is 46.2 Å². The Morgan fingerprint density at radius 3 is 2.53 bits per heavy atom. The summed E-state index contributed by atoms with van der Waals surface area (Å²) in [5, 5.41) is 9.41. The fraction of sp³-hybridized carbons (Fsp3) is 0.200. The molecule has 1 aliphatic rings. The quantitative estimate of drug-likeness (QED) is 0.847. The molecule has 4 heteroatoms. The highest BCUT2D eigenvalue weighted by Crippen LogP contribution is 2.39. The summed E-state index contributed by atoms with van der Waals surface area (Å²) in [5.74, 6) is -0.866. The largest absolute Gasteiger partial charge is 0.505 e. The van der Waals surface area contributed by atoms with E-state index in [2.05, 4.69) is 0 Å². The number of phenols is 1. The molecule has 100 valence electrons. The summed E-state index contributed by atoms with van der Waals surface area (Å²) < 4.78 is 13.5. The molecule has 3 N–H and O–H groups in total. The van der Waals surface area contributed by atoms with Crippen LogP contribution in [0.1, 0.15) is 22.6 Å². The van der Waals surface area contributed by atoms with Gasteiger partial charge in [-0.1, -0.05) is 30.3 Å². The summed E-state index contributed by atoms with van der Waals surface area (Å²) in [6.07, 6.45) is 0.669. The van der Waals surface area contributed by atoms with E-state index in [0.29, 0.717) is 6.42 Å². The molecule has 2 nitrogen and oxygen atoms in total. The van der Waals surface area contributed by atoms with Crippen LogP contribution in [0, 0.1) is 5.82 Å². The van der Waals surface area contributed by atoms with Crippen LogP contribution in [0.4, 0.5) is 4.39 Å². The molecule has 2 aromatic rings. The van der Waals surface area contributed by atoms with Crippen molar-refractivity contribution in [2.75, 3.05) is 0 Å². The highest BCUT2D eigenvalue weighted by atomic mass is 79.9. The molecule has 2 atom stereocenters. The third-order valence-corrected chi connectivity index (χ3v) is 3.59. The molecule has 0 radical (unpaired) electrons. The average Bonchev–Trinajstić information content (AvgIpc) is 2.66. The number of hydrogen-bond donors (Lipinski definition) is 2. The molecule has 0 unspecified atom stereocenters. The van der Waals surface area contributed by atoms with Gasteiger partial charge < -0.3 is 10.8 Å². The van der Waals surface area contributed by atoms with E-state index in [-0.39, 0.29) is 34.7 Å². The van der Waals surface area contributed by atoms with Crippen molar-refractivity contribution in [2.45, 2.75) is 18.4 Å². The number of aromatic hydroxyl groups is 1. The van der Waals surface area contributed by atoms with Crippen LogP contribution in [0.25, 0.3) is 0 Å². The third kappa shape index (κ3) is 2.38. The monoisotopic (exact) mass is 323 g/mol. The van der Waals surface area contributed by atoms with Gasteiger partial charge in [0.2, 0.25) is 0 Å². The van der Waals surface area contributed by atoms with Gasteiger partial charge in [-0.25, -0.2) is 4.39 Å². The van der Waals surface area contributed by atoms with E-state index in [1.807, 2.05) is 30.3 Å². The zero-order valence-corrected chi connectivity index (χ0v) is 11.9. The third-order valence-electron chi connectivity index (χ3n) is 3.59. The molecular formula is C15H15BrFNO. The molecule has 0 saturated carbocycles. The lowest BCUT2D eigenvalue weighted by atomic mass is 9.90. The fourth-order valence-electron chi connectivity index (χ4n) is 2.78. The summed E-state index contributed by atoms with van der Waals surface area (Å²) in [6, 6.07) is 12.7. The Labute approximate surface area is 121 Å². The predicted molar refractivity (Wildman–Crippen MR) is 78.4 cm³/mol. The van der Waals surface area contributed by atoms with Gasteiger partial charge in [-0.15, -0.1) is 17.0 Å². The minimum Gasteiger partial charge on any atom is -0.505 e. The van der Waals surface area contributed by atoms with Crippen molar-refractivity contribution in [3.63, 3.8) is 0 Å². The molecule has 0 heterocycles. The van der Waals surface area contributed by atoms with Crippen LogP contribution in [0.3, 0.4) is 0 Å². The van der Waals surface area contributed by atoms with Crippen molar-refractivity contribution in [2.24, 2.45) is 5.73 Å². The molecule has 0 aliphatic heterocycles. The van der Waals surface area contributed by atoms with Crippen LogP contribution in [0.5, 0.6) is 5.75 Å². The van der Waals surface area contributed by atoms with Crippen molar-refractivity contribution in [1.29, 1.82) is 0 Å². The zero-order chi connectivity index (χ0) is 12.7. The Kier molecular flexibility index (Phi) is 3.92. The molecule has 1 aliphatic carbocycles. The van der Waals surface area contributed by atoms with Crippen LogP contribution in [-0.4, -0.2) is 11.1 Å². The molecule has 3 rings (SSSR count). The molecule has 0 fully saturated rings. The molecular weight excluding hydrogens is 309 g/mol. The second kappa shape index (κ2) is 5.31. The van der Waals surface area contributed by atoms with Crippen LogP contribution < -0.4 is 5.73 Å². The minimum absolute atomic E-state index is 0. The lowest BCUT2D eigenvalue weighted by molar-refractivity contribution is 0.431. The van der Waals surface area contributed by atoms with E-state index in [1.54, 1.807) is 0 Å².